The molecule has 7 heteroatoms. The fraction of sp³-hybridized carbons (Fsp3) is 0.192. The monoisotopic (exact) mass is 444 g/mol. The molecule has 1 aliphatic carbocycles. The molecule has 0 aliphatic heterocycles. The van der Waals surface area contributed by atoms with Gasteiger partial charge in [-0.2, -0.15) is 0 Å². The summed E-state index contributed by atoms with van der Waals surface area (Å²) in [4.78, 5) is 35.6. The summed E-state index contributed by atoms with van der Waals surface area (Å²) in [5, 5.41) is 14.1. The molecular formula is C26H24N2O5. The van der Waals surface area contributed by atoms with E-state index in [2.05, 4.69) is 22.8 Å². The van der Waals surface area contributed by atoms with Crippen molar-refractivity contribution in [1.82, 2.24) is 5.32 Å². The molecule has 0 fully saturated rings. The Bertz CT molecular complexity index is 1140. The third kappa shape index (κ3) is 5.03. The number of carbonyl (C=O) groups is 3. The lowest BCUT2D eigenvalue weighted by molar-refractivity contribution is -0.136. The number of fused-ring (bicyclic) bond motifs is 3. The van der Waals surface area contributed by atoms with Crippen LogP contribution in [0.25, 0.3) is 11.1 Å². The highest BCUT2D eigenvalue weighted by molar-refractivity contribution is 5.96. The number of benzene rings is 3. The zero-order valence-electron chi connectivity index (χ0n) is 18.1. The molecule has 0 spiro atoms. The van der Waals surface area contributed by atoms with Crippen molar-refractivity contribution in [2.45, 2.75) is 25.3 Å². The Morgan fingerprint density at radius 1 is 0.909 bits per heavy atom. The van der Waals surface area contributed by atoms with Gasteiger partial charge in [-0.15, -0.1) is 0 Å². The number of carbonyl (C=O) groups excluding carboxylic acids is 2. The van der Waals surface area contributed by atoms with E-state index in [1.54, 1.807) is 31.2 Å². The third-order valence-corrected chi connectivity index (χ3v) is 5.65. The standard InChI is InChI=1S/C26H24N2O5/c1-16(25(31)28-18-12-10-17(11-13-18)14-24(29)30)27-26(32)33-15-23-21-8-4-2-6-19(21)20-7-3-5-9-22(20)23/h2-13,16,23H,14-15H2,1H3,(H,27,32)(H,28,31)(H,29,30)/t16-/m0/s1. The second-order valence-electron chi connectivity index (χ2n) is 7.95. The summed E-state index contributed by atoms with van der Waals surface area (Å²) in [5.41, 5.74) is 5.65. The topological polar surface area (TPSA) is 105 Å². The molecule has 1 aliphatic rings. The van der Waals surface area contributed by atoms with Crippen LogP contribution in [0.2, 0.25) is 0 Å². The zero-order valence-corrected chi connectivity index (χ0v) is 18.1. The van der Waals surface area contributed by atoms with Crippen LogP contribution in [0.3, 0.4) is 0 Å². The van der Waals surface area contributed by atoms with Gasteiger partial charge in [0.1, 0.15) is 12.6 Å². The van der Waals surface area contributed by atoms with Crippen LogP contribution in [0.4, 0.5) is 10.5 Å². The minimum Gasteiger partial charge on any atom is -0.481 e. The maximum atomic E-state index is 12.4. The normalized spacial score (nSPS) is 12.9. The van der Waals surface area contributed by atoms with Gasteiger partial charge in [0.15, 0.2) is 0 Å². The summed E-state index contributed by atoms with van der Waals surface area (Å²) >= 11 is 0. The number of carboxylic acids is 1. The lowest BCUT2D eigenvalue weighted by Crippen LogP contribution is -2.42. The van der Waals surface area contributed by atoms with E-state index in [1.807, 2.05) is 36.4 Å². The average molecular weight is 444 g/mol. The predicted molar refractivity (Wildman–Crippen MR) is 124 cm³/mol. The molecule has 0 saturated carbocycles. The van der Waals surface area contributed by atoms with Crippen molar-refractivity contribution >= 4 is 23.7 Å². The van der Waals surface area contributed by atoms with E-state index in [9.17, 15) is 14.4 Å². The molecule has 4 rings (SSSR count). The highest BCUT2D eigenvalue weighted by Crippen LogP contribution is 2.44. The lowest BCUT2D eigenvalue weighted by Gasteiger charge is -2.17. The second-order valence-corrected chi connectivity index (χ2v) is 7.95. The smallest absolute Gasteiger partial charge is 0.407 e. The molecule has 7 nitrogen and oxygen atoms in total. The first-order chi connectivity index (χ1) is 15.9. The van der Waals surface area contributed by atoms with Gasteiger partial charge in [0.25, 0.3) is 0 Å². The number of carboxylic acid groups (broad SMARTS) is 1. The van der Waals surface area contributed by atoms with Gasteiger partial charge in [0, 0.05) is 11.6 Å². The Kier molecular flexibility index (Phi) is 6.40. The highest BCUT2D eigenvalue weighted by Gasteiger charge is 2.29. The van der Waals surface area contributed by atoms with Crippen LogP contribution in [-0.4, -0.2) is 35.7 Å². The molecule has 3 aromatic carbocycles. The molecule has 0 aromatic heterocycles. The number of rotatable bonds is 7. The van der Waals surface area contributed by atoms with Gasteiger partial charge >= 0.3 is 12.1 Å². The minimum absolute atomic E-state index is 0.0587. The number of nitrogens with one attached hydrogen (secondary N) is 2. The Hall–Kier alpha value is -4.13. The molecule has 0 radical (unpaired) electrons. The van der Waals surface area contributed by atoms with E-state index in [0.717, 1.165) is 22.3 Å². The van der Waals surface area contributed by atoms with E-state index in [4.69, 9.17) is 9.84 Å². The molecule has 168 valence electrons. The number of aliphatic carboxylic acids is 1. The summed E-state index contributed by atoms with van der Waals surface area (Å²) in [6.07, 6.45) is -0.759. The van der Waals surface area contributed by atoms with Gasteiger partial charge in [-0.05, 0) is 46.9 Å². The van der Waals surface area contributed by atoms with Gasteiger partial charge in [-0.3, -0.25) is 9.59 Å². The molecule has 1 atom stereocenters. The largest absolute Gasteiger partial charge is 0.481 e. The first-order valence-electron chi connectivity index (χ1n) is 10.7. The van der Waals surface area contributed by atoms with Crippen molar-refractivity contribution in [1.29, 1.82) is 0 Å². The van der Waals surface area contributed by atoms with Crippen molar-refractivity contribution in [3.8, 4) is 11.1 Å². The first kappa shape index (κ1) is 22.1. The summed E-state index contributed by atoms with van der Waals surface area (Å²) in [7, 11) is 0. The van der Waals surface area contributed by atoms with Crippen molar-refractivity contribution in [3.63, 3.8) is 0 Å². The van der Waals surface area contributed by atoms with Crippen molar-refractivity contribution in [2.24, 2.45) is 0 Å². The fourth-order valence-corrected chi connectivity index (χ4v) is 4.01. The van der Waals surface area contributed by atoms with Gasteiger partial charge < -0.3 is 20.5 Å². The molecule has 0 saturated heterocycles. The van der Waals surface area contributed by atoms with E-state index in [-0.39, 0.29) is 18.9 Å². The summed E-state index contributed by atoms with van der Waals surface area (Å²) in [5.74, 6) is -1.39. The Balaban J connectivity index is 1.32. The molecule has 3 N–H and O–H groups in total. The minimum atomic E-state index is -0.923. The molecular weight excluding hydrogens is 420 g/mol. The second kappa shape index (κ2) is 9.56. The van der Waals surface area contributed by atoms with Crippen LogP contribution in [0.1, 0.15) is 29.5 Å². The Morgan fingerprint density at radius 3 is 2.06 bits per heavy atom. The lowest BCUT2D eigenvalue weighted by atomic mass is 9.98. The van der Waals surface area contributed by atoms with Crippen LogP contribution in [0, 0.1) is 0 Å². The van der Waals surface area contributed by atoms with Crippen LogP contribution in [-0.2, 0) is 20.7 Å². The van der Waals surface area contributed by atoms with Crippen LogP contribution < -0.4 is 10.6 Å². The molecule has 3 aromatic rings. The number of alkyl carbamates (subject to hydrolysis) is 1. The van der Waals surface area contributed by atoms with E-state index in [0.29, 0.717) is 11.3 Å². The number of anilines is 1. The van der Waals surface area contributed by atoms with Gasteiger partial charge in [0.05, 0.1) is 6.42 Å². The van der Waals surface area contributed by atoms with Crippen LogP contribution in [0.5, 0.6) is 0 Å². The van der Waals surface area contributed by atoms with E-state index < -0.39 is 24.0 Å². The molecule has 0 bridgehead atoms. The summed E-state index contributed by atoms with van der Waals surface area (Å²) in [6.45, 7) is 1.73. The van der Waals surface area contributed by atoms with Crippen molar-refractivity contribution in [3.05, 3.63) is 89.5 Å². The maximum absolute atomic E-state index is 12.4. The van der Waals surface area contributed by atoms with Crippen molar-refractivity contribution < 1.29 is 24.2 Å². The van der Waals surface area contributed by atoms with Gasteiger partial charge in [0.2, 0.25) is 5.91 Å². The maximum Gasteiger partial charge on any atom is 0.407 e. The molecule has 0 heterocycles. The van der Waals surface area contributed by atoms with Gasteiger partial charge in [-0.25, -0.2) is 4.79 Å². The van der Waals surface area contributed by atoms with Gasteiger partial charge in [-0.1, -0.05) is 60.7 Å². The quantitative estimate of drug-likeness (QED) is 0.507. The average Bonchev–Trinajstić information content (AvgIpc) is 3.12. The van der Waals surface area contributed by atoms with Crippen molar-refractivity contribution in [2.75, 3.05) is 11.9 Å². The predicted octanol–water partition coefficient (Wildman–Crippen LogP) is 4.18. The third-order valence-electron chi connectivity index (χ3n) is 5.65. The Labute approximate surface area is 191 Å². The highest BCUT2D eigenvalue weighted by atomic mass is 16.5. The Morgan fingerprint density at radius 2 is 1.48 bits per heavy atom. The number of ether oxygens (including phenoxy) is 1. The van der Waals surface area contributed by atoms with E-state index in [1.165, 1.54) is 0 Å². The van der Waals surface area contributed by atoms with E-state index >= 15 is 0 Å². The summed E-state index contributed by atoms with van der Waals surface area (Å²) < 4.78 is 5.48. The molecule has 2 amide bonds. The van der Waals surface area contributed by atoms with Crippen LogP contribution >= 0.6 is 0 Å². The summed E-state index contributed by atoms with van der Waals surface area (Å²) in [6, 6.07) is 21.8. The molecule has 33 heavy (non-hydrogen) atoms. The number of hydrogen-bond acceptors (Lipinski definition) is 4. The van der Waals surface area contributed by atoms with Crippen LogP contribution in [0.15, 0.2) is 72.8 Å². The fourth-order valence-electron chi connectivity index (χ4n) is 4.01. The number of amides is 2. The molecule has 0 unspecified atom stereocenters. The zero-order chi connectivity index (χ0) is 23.4. The SMILES string of the molecule is C[C@H](NC(=O)OCC1c2ccccc2-c2ccccc21)C(=O)Nc1ccc(CC(=O)O)cc1. The number of hydrogen-bond donors (Lipinski definition) is 3. The first-order valence-corrected chi connectivity index (χ1v) is 10.7.